The number of carbonyl (C=O) groups is 1. The number of halogens is 1. The van der Waals surface area contributed by atoms with Crippen LogP contribution in [0.1, 0.15) is 76.8 Å². The maximum atomic E-state index is 13.5. The second-order valence-corrected chi connectivity index (χ2v) is 10.1. The summed E-state index contributed by atoms with van der Waals surface area (Å²) in [5, 5.41) is 0. The van der Waals surface area contributed by atoms with Crippen molar-refractivity contribution in [3.05, 3.63) is 35.6 Å². The van der Waals surface area contributed by atoms with Crippen molar-refractivity contribution in [3.63, 3.8) is 0 Å². The summed E-state index contributed by atoms with van der Waals surface area (Å²) in [7, 11) is 5.58. The van der Waals surface area contributed by atoms with Gasteiger partial charge < -0.3 is 19.3 Å². The second kappa shape index (κ2) is 12.0. The first-order valence-electron chi connectivity index (χ1n) is 12.8. The fourth-order valence-electron chi connectivity index (χ4n) is 6.02. The maximum absolute atomic E-state index is 13.5. The van der Waals surface area contributed by atoms with Crippen LogP contribution in [0.5, 0.6) is 0 Å². The van der Waals surface area contributed by atoms with E-state index in [-0.39, 0.29) is 17.9 Å². The zero-order chi connectivity index (χ0) is 24.7. The molecule has 0 bridgehead atoms. The van der Waals surface area contributed by atoms with Gasteiger partial charge in [0.05, 0.1) is 19.5 Å². The lowest BCUT2D eigenvalue weighted by Gasteiger charge is -2.41. The summed E-state index contributed by atoms with van der Waals surface area (Å²) in [6.45, 7) is 5.15. The van der Waals surface area contributed by atoms with Crippen LogP contribution in [0, 0.1) is 17.7 Å². The molecule has 1 heterocycles. The van der Waals surface area contributed by atoms with Crippen molar-refractivity contribution in [2.75, 3.05) is 27.7 Å². The van der Waals surface area contributed by atoms with Gasteiger partial charge in [0.1, 0.15) is 5.82 Å². The minimum absolute atomic E-state index is 0.0368. The molecule has 1 aromatic rings. The van der Waals surface area contributed by atoms with Crippen LogP contribution in [0.2, 0.25) is 0 Å². The van der Waals surface area contributed by atoms with Gasteiger partial charge in [-0.3, -0.25) is 0 Å². The van der Waals surface area contributed by atoms with Gasteiger partial charge in [-0.2, -0.15) is 0 Å². The average Bonchev–Trinajstić information content (AvgIpc) is 3.13. The van der Waals surface area contributed by atoms with E-state index in [9.17, 15) is 9.18 Å². The number of nitrogens with zero attached hydrogens (tertiary/aromatic N) is 3. The Labute approximate surface area is 204 Å². The topological polar surface area (TPSA) is 54.4 Å². The number of hydrogen-bond acceptors (Lipinski definition) is 6. The van der Waals surface area contributed by atoms with E-state index < -0.39 is 11.9 Å². The predicted octanol–water partition coefficient (Wildman–Crippen LogP) is 6.03. The van der Waals surface area contributed by atoms with E-state index in [2.05, 4.69) is 37.7 Å². The Hall–Kier alpha value is -2.15. The molecule has 0 spiro atoms. The highest BCUT2D eigenvalue weighted by Gasteiger charge is 2.49. The van der Waals surface area contributed by atoms with Gasteiger partial charge in [0, 0.05) is 19.0 Å². The van der Waals surface area contributed by atoms with Gasteiger partial charge in [0.2, 0.25) is 5.72 Å². The fraction of sp³-hybridized carbons (Fsp3) is 0.704. The molecular formula is C27H42FN3O3. The molecule has 190 valence electrons. The Balaban J connectivity index is 1.70. The quantitative estimate of drug-likeness (QED) is 0.387. The summed E-state index contributed by atoms with van der Waals surface area (Å²) in [4.78, 5) is 21.4. The fourth-order valence-corrected chi connectivity index (χ4v) is 6.02. The highest BCUT2D eigenvalue weighted by Crippen LogP contribution is 2.43. The molecule has 34 heavy (non-hydrogen) atoms. The summed E-state index contributed by atoms with van der Waals surface area (Å²) >= 11 is 0. The number of carbonyl (C=O) groups excluding carboxylic acids is 1. The van der Waals surface area contributed by atoms with Gasteiger partial charge in [-0.05, 0) is 69.3 Å². The Kier molecular flexibility index (Phi) is 9.34. The number of aliphatic imine (C=N–C) groups is 1. The zero-order valence-electron chi connectivity index (χ0n) is 21.5. The molecule has 2 aliphatic rings. The van der Waals surface area contributed by atoms with E-state index in [0.29, 0.717) is 18.3 Å². The number of hydrogen-bond donors (Lipinski definition) is 0. The smallest absolute Gasteiger partial charge is 0.438 e. The van der Waals surface area contributed by atoms with Crippen molar-refractivity contribution >= 4 is 12.5 Å². The predicted molar refractivity (Wildman–Crippen MR) is 133 cm³/mol. The number of ether oxygens (including phenoxy) is 2. The SMILES string of the molecule is CCCN1C=NC(CCC)(OC(=O)OC)C1CC1CCC(C(c2ccc(F)cc2)N(C)C)CC1. The van der Waals surface area contributed by atoms with Crippen LogP contribution < -0.4 is 0 Å². The molecule has 0 radical (unpaired) electrons. The van der Waals surface area contributed by atoms with Crippen LogP contribution in [0.25, 0.3) is 0 Å². The van der Waals surface area contributed by atoms with Gasteiger partial charge in [-0.15, -0.1) is 0 Å². The Morgan fingerprint density at radius 3 is 2.41 bits per heavy atom. The van der Waals surface area contributed by atoms with Crippen LogP contribution >= 0.6 is 0 Å². The lowest BCUT2D eigenvalue weighted by molar-refractivity contribution is -0.0623. The molecule has 6 nitrogen and oxygen atoms in total. The van der Waals surface area contributed by atoms with Crippen LogP contribution in [-0.2, 0) is 9.47 Å². The lowest BCUT2D eigenvalue weighted by atomic mass is 9.73. The van der Waals surface area contributed by atoms with Crippen molar-refractivity contribution in [3.8, 4) is 0 Å². The van der Waals surface area contributed by atoms with Crippen molar-refractivity contribution < 1.29 is 18.7 Å². The van der Waals surface area contributed by atoms with Gasteiger partial charge in [0.15, 0.2) is 0 Å². The lowest BCUT2D eigenvalue weighted by Crippen LogP contribution is -2.50. The van der Waals surface area contributed by atoms with Crippen molar-refractivity contribution in [2.24, 2.45) is 16.8 Å². The highest BCUT2D eigenvalue weighted by molar-refractivity contribution is 5.64. The van der Waals surface area contributed by atoms with E-state index >= 15 is 0 Å². The average molecular weight is 476 g/mol. The summed E-state index contributed by atoms with van der Waals surface area (Å²) < 4.78 is 24.2. The standard InChI is InChI=1S/C27H42FN3O3/c1-6-16-27(34-26(32)33-5)24(31(17-7-2)19-29-27)18-20-8-10-21(11-9-20)25(30(3)4)22-12-14-23(28)15-13-22/h12-15,19-21,24-25H,6-11,16-18H2,1-5H3. The first-order valence-corrected chi connectivity index (χ1v) is 12.8. The molecule has 1 aliphatic carbocycles. The van der Waals surface area contributed by atoms with Gasteiger partial charge in [-0.1, -0.05) is 45.2 Å². The molecule has 3 rings (SSSR count). The van der Waals surface area contributed by atoms with Crippen LogP contribution in [0.3, 0.4) is 0 Å². The third kappa shape index (κ3) is 6.09. The van der Waals surface area contributed by atoms with E-state index in [1.165, 1.54) is 12.7 Å². The molecule has 3 atom stereocenters. The highest BCUT2D eigenvalue weighted by atomic mass is 19.1. The Morgan fingerprint density at radius 1 is 1.18 bits per heavy atom. The molecule has 1 saturated carbocycles. The molecule has 0 aromatic heterocycles. The summed E-state index contributed by atoms with van der Waals surface area (Å²) in [5.74, 6) is 0.899. The monoisotopic (exact) mass is 475 g/mol. The van der Waals surface area contributed by atoms with E-state index in [0.717, 1.165) is 51.5 Å². The van der Waals surface area contributed by atoms with Crippen LogP contribution in [0.4, 0.5) is 9.18 Å². The van der Waals surface area contributed by atoms with Gasteiger partial charge >= 0.3 is 6.16 Å². The molecule has 7 heteroatoms. The van der Waals surface area contributed by atoms with Gasteiger partial charge in [0.25, 0.3) is 0 Å². The van der Waals surface area contributed by atoms with Crippen molar-refractivity contribution in [1.82, 2.24) is 9.80 Å². The Morgan fingerprint density at radius 2 is 1.85 bits per heavy atom. The summed E-state index contributed by atoms with van der Waals surface area (Å²) in [6, 6.07) is 7.30. The first-order chi connectivity index (χ1) is 16.3. The third-order valence-corrected chi connectivity index (χ3v) is 7.52. The number of rotatable bonds is 10. The second-order valence-electron chi connectivity index (χ2n) is 10.1. The van der Waals surface area contributed by atoms with E-state index in [1.807, 2.05) is 18.5 Å². The summed E-state index contributed by atoms with van der Waals surface area (Å²) in [5.41, 5.74) is 0.315. The molecule has 0 amide bonds. The first kappa shape index (κ1) is 26.5. The number of methoxy groups -OCH3 is 1. The normalized spacial score (nSPS) is 27.7. The maximum Gasteiger partial charge on any atom is 0.510 e. The van der Waals surface area contributed by atoms with E-state index in [4.69, 9.17) is 14.5 Å². The molecule has 1 aliphatic heterocycles. The largest absolute Gasteiger partial charge is 0.510 e. The third-order valence-electron chi connectivity index (χ3n) is 7.52. The molecule has 3 unspecified atom stereocenters. The molecular weight excluding hydrogens is 433 g/mol. The minimum Gasteiger partial charge on any atom is -0.438 e. The molecule has 0 N–H and O–H groups in total. The van der Waals surface area contributed by atoms with Gasteiger partial charge in [-0.25, -0.2) is 14.2 Å². The zero-order valence-corrected chi connectivity index (χ0v) is 21.5. The van der Waals surface area contributed by atoms with E-state index in [1.54, 1.807) is 12.1 Å². The van der Waals surface area contributed by atoms with Crippen LogP contribution in [0.15, 0.2) is 29.3 Å². The molecule has 1 fully saturated rings. The number of benzene rings is 1. The van der Waals surface area contributed by atoms with Crippen LogP contribution in [-0.4, -0.2) is 61.8 Å². The van der Waals surface area contributed by atoms with Crippen molar-refractivity contribution in [2.45, 2.75) is 83.0 Å². The summed E-state index contributed by atoms with van der Waals surface area (Å²) in [6.07, 6.45) is 9.27. The van der Waals surface area contributed by atoms with Crippen molar-refractivity contribution in [1.29, 1.82) is 0 Å². The molecule has 0 saturated heterocycles. The Bertz CT molecular complexity index is 808. The minimum atomic E-state index is -0.867. The molecule has 1 aromatic carbocycles.